The van der Waals surface area contributed by atoms with Gasteiger partial charge in [0.1, 0.15) is 17.6 Å². The molecule has 0 aliphatic rings. The van der Waals surface area contributed by atoms with Gasteiger partial charge in [0.15, 0.2) is 6.04 Å². The van der Waals surface area contributed by atoms with Crippen LogP contribution in [0, 0.1) is 5.82 Å². The first kappa shape index (κ1) is 19.6. The molecule has 5 heteroatoms. The van der Waals surface area contributed by atoms with Crippen LogP contribution in [0.25, 0.3) is 0 Å². The predicted octanol–water partition coefficient (Wildman–Crippen LogP) is 3.84. The highest BCUT2D eigenvalue weighted by atomic mass is 19.1. The maximum Gasteiger partial charge on any atom is 0.287 e. The van der Waals surface area contributed by atoms with Crippen molar-refractivity contribution < 1.29 is 19.2 Å². The van der Waals surface area contributed by atoms with Gasteiger partial charge in [0.05, 0.1) is 12.7 Å². The maximum atomic E-state index is 13.1. The molecule has 3 aromatic carbocycles. The third-order valence-electron chi connectivity index (χ3n) is 4.66. The zero-order valence-corrected chi connectivity index (χ0v) is 15.9. The van der Waals surface area contributed by atoms with E-state index in [4.69, 9.17) is 4.74 Å². The molecular formula is C23H24FN2O2+. The highest BCUT2D eigenvalue weighted by Crippen LogP contribution is 2.23. The Kier molecular flexibility index (Phi) is 6.40. The van der Waals surface area contributed by atoms with Crippen LogP contribution in [0.2, 0.25) is 0 Å². The van der Waals surface area contributed by atoms with Crippen LogP contribution in [0.5, 0.6) is 5.75 Å². The molecule has 3 rings (SSSR count). The zero-order chi connectivity index (χ0) is 19.9. The highest BCUT2D eigenvalue weighted by molar-refractivity contribution is 5.94. The topological polar surface area (TPSA) is 54.9 Å². The van der Waals surface area contributed by atoms with Crippen molar-refractivity contribution in [3.63, 3.8) is 0 Å². The molecule has 1 amide bonds. The van der Waals surface area contributed by atoms with E-state index in [0.29, 0.717) is 5.69 Å². The molecule has 0 bridgehead atoms. The van der Waals surface area contributed by atoms with E-state index in [2.05, 4.69) is 5.32 Å². The Balaban J connectivity index is 1.85. The summed E-state index contributed by atoms with van der Waals surface area (Å²) >= 11 is 0. The van der Waals surface area contributed by atoms with Gasteiger partial charge in [-0.2, -0.15) is 0 Å². The van der Waals surface area contributed by atoms with Crippen LogP contribution in [0.15, 0.2) is 78.9 Å². The summed E-state index contributed by atoms with van der Waals surface area (Å²) in [4.78, 5) is 13.1. The number of amides is 1. The average Bonchev–Trinajstić information content (AvgIpc) is 2.74. The lowest BCUT2D eigenvalue weighted by Crippen LogP contribution is -2.87. The Morgan fingerprint density at radius 2 is 1.61 bits per heavy atom. The van der Waals surface area contributed by atoms with E-state index in [1.165, 1.54) is 12.1 Å². The molecular weight excluding hydrogens is 355 g/mol. The molecule has 0 saturated heterocycles. The number of anilines is 1. The number of hydrogen-bond acceptors (Lipinski definition) is 2. The largest absolute Gasteiger partial charge is 0.496 e. The van der Waals surface area contributed by atoms with Crippen molar-refractivity contribution in [1.82, 2.24) is 0 Å². The quantitative estimate of drug-likeness (QED) is 0.655. The van der Waals surface area contributed by atoms with Gasteiger partial charge in [-0.3, -0.25) is 4.79 Å². The minimum absolute atomic E-state index is 0.0136. The van der Waals surface area contributed by atoms with Crippen molar-refractivity contribution in [2.45, 2.75) is 19.0 Å². The highest BCUT2D eigenvalue weighted by Gasteiger charge is 2.28. The Hall–Kier alpha value is -3.18. The molecule has 144 valence electrons. The molecule has 28 heavy (non-hydrogen) atoms. The van der Waals surface area contributed by atoms with Gasteiger partial charge in [0, 0.05) is 11.3 Å². The number of methoxy groups -OCH3 is 1. The summed E-state index contributed by atoms with van der Waals surface area (Å²) in [6.45, 7) is 2.04. The summed E-state index contributed by atoms with van der Waals surface area (Å²) in [6.07, 6.45) is 0. The summed E-state index contributed by atoms with van der Waals surface area (Å²) in [5.41, 5.74) is 2.47. The number of nitrogens with one attached hydrogen (secondary N) is 1. The summed E-state index contributed by atoms with van der Waals surface area (Å²) in [5.74, 6) is 0.283. The van der Waals surface area contributed by atoms with Crippen LogP contribution in [0.4, 0.5) is 10.1 Å². The molecule has 0 aliphatic heterocycles. The molecule has 0 aromatic heterocycles. The molecule has 0 aliphatic carbocycles. The number of para-hydroxylation sites is 1. The van der Waals surface area contributed by atoms with E-state index >= 15 is 0 Å². The van der Waals surface area contributed by atoms with Crippen LogP contribution in [-0.4, -0.2) is 13.0 Å². The number of carbonyl (C=O) groups excluding carboxylic acids is 1. The van der Waals surface area contributed by atoms with E-state index in [-0.39, 0.29) is 17.8 Å². The second-order valence-corrected chi connectivity index (χ2v) is 6.61. The number of ether oxygens (including phenoxy) is 1. The average molecular weight is 379 g/mol. The molecule has 0 unspecified atom stereocenters. The first-order chi connectivity index (χ1) is 13.6. The smallest absolute Gasteiger partial charge is 0.287 e. The molecule has 2 atom stereocenters. The lowest BCUT2D eigenvalue weighted by Gasteiger charge is -2.21. The number of halogens is 1. The number of benzene rings is 3. The molecule has 3 aromatic rings. The molecule has 0 radical (unpaired) electrons. The number of quaternary nitrogens is 1. The predicted molar refractivity (Wildman–Crippen MR) is 108 cm³/mol. The van der Waals surface area contributed by atoms with Crippen LogP contribution in [0.3, 0.4) is 0 Å². The molecule has 0 spiro atoms. The summed E-state index contributed by atoms with van der Waals surface area (Å²) in [7, 11) is 1.64. The first-order valence-electron chi connectivity index (χ1n) is 9.17. The van der Waals surface area contributed by atoms with E-state index in [9.17, 15) is 9.18 Å². The monoisotopic (exact) mass is 379 g/mol. The van der Waals surface area contributed by atoms with E-state index in [1.54, 1.807) is 19.2 Å². The lowest BCUT2D eigenvalue weighted by molar-refractivity contribution is -0.718. The van der Waals surface area contributed by atoms with E-state index < -0.39 is 6.04 Å². The second kappa shape index (κ2) is 9.15. The number of rotatable bonds is 7. The van der Waals surface area contributed by atoms with Gasteiger partial charge in [-0.1, -0.05) is 42.5 Å². The SMILES string of the molecule is COc1ccccc1[C@@H](C)[NH2+][C@H](C(=O)Nc1ccc(F)cc1)c1ccccc1. The Labute approximate surface area is 164 Å². The Morgan fingerprint density at radius 3 is 2.29 bits per heavy atom. The summed E-state index contributed by atoms with van der Waals surface area (Å²) in [5, 5.41) is 4.89. The molecule has 0 fully saturated rings. The third kappa shape index (κ3) is 4.75. The molecule has 0 heterocycles. The molecule has 3 N–H and O–H groups in total. The van der Waals surface area contributed by atoms with Crippen molar-refractivity contribution in [3.8, 4) is 5.75 Å². The number of hydrogen-bond donors (Lipinski definition) is 2. The van der Waals surface area contributed by atoms with Crippen molar-refractivity contribution in [2.24, 2.45) is 0 Å². The number of nitrogens with two attached hydrogens (primary N) is 1. The maximum absolute atomic E-state index is 13.1. The molecule has 4 nitrogen and oxygen atoms in total. The van der Waals surface area contributed by atoms with Gasteiger partial charge < -0.3 is 15.4 Å². The third-order valence-corrected chi connectivity index (χ3v) is 4.66. The number of carbonyl (C=O) groups is 1. The van der Waals surface area contributed by atoms with Crippen LogP contribution in [-0.2, 0) is 4.79 Å². The van der Waals surface area contributed by atoms with Crippen molar-refractivity contribution >= 4 is 11.6 Å². The normalized spacial score (nSPS) is 12.8. The zero-order valence-electron chi connectivity index (χ0n) is 15.9. The van der Waals surface area contributed by atoms with Crippen molar-refractivity contribution in [3.05, 3.63) is 95.8 Å². The fourth-order valence-corrected chi connectivity index (χ4v) is 3.20. The van der Waals surface area contributed by atoms with Crippen molar-refractivity contribution in [2.75, 3.05) is 12.4 Å². The summed E-state index contributed by atoms with van der Waals surface area (Å²) < 4.78 is 18.6. The van der Waals surface area contributed by atoms with E-state index in [1.807, 2.05) is 66.8 Å². The second-order valence-electron chi connectivity index (χ2n) is 6.61. The van der Waals surface area contributed by atoms with Gasteiger partial charge in [0.2, 0.25) is 0 Å². The van der Waals surface area contributed by atoms with Gasteiger partial charge in [0.25, 0.3) is 5.91 Å². The molecule has 0 saturated carbocycles. The minimum Gasteiger partial charge on any atom is -0.496 e. The fraction of sp³-hybridized carbons (Fsp3) is 0.174. The summed E-state index contributed by atoms with van der Waals surface area (Å²) in [6, 6.07) is 22.7. The van der Waals surface area contributed by atoms with Gasteiger partial charge in [-0.15, -0.1) is 0 Å². The van der Waals surface area contributed by atoms with Crippen LogP contribution in [0.1, 0.15) is 30.1 Å². The standard InChI is InChI=1S/C23H23FN2O2/c1-16(20-10-6-7-11-21(20)28-2)25-22(17-8-4-3-5-9-17)23(27)26-19-14-12-18(24)13-15-19/h3-16,22,25H,1-2H3,(H,26,27)/p+1/t16-,22+/m1/s1. The fourth-order valence-electron chi connectivity index (χ4n) is 3.20. The van der Waals surface area contributed by atoms with E-state index in [0.717, 1.165) is 16.9 Å². The van der Waals surface area contributed by atoms with Gasteiger partial charge in [-0.05, 0) is 43.3 Å². The minimum atomic E-state index is -0.467. The first-order valence-corrected chi connectivity index (χ1v) is 9.17. The van der Waals surface area contributed by atoms with Gasteiger partial charge >= 0.3 is 0 Å². The Morgan fingerprint density at radius 1 is 0.964 bits per heavy atom. The van der Waals surface area contributed by atoms with Crippen molar-refractivity contribution in [1.29, 1.82) is 0 Å². The van der Waals surface area contributed by atoms with Crippen LogP contribution >= 0.6 is 0 Å². The van der Waals surface area contributed by atoms with Crippen LogP contribution < -0.4 is 15.4 Å². The lowest BCUT2D eigenvalue weighted by atomic mass is 10.0. The van der Waals surface area contributed by atoms with Gasteiger partial charge in [-0.25, -0.2) is 4.39 Å². The Bertz CT molecular complexity index is 913.